The van der Waals surface area contributed by atoms with Gasteiger partial charge in [0, 0.05) is 18.7 Å². The van der Waals surface area contributed by atoms with Crippen LogP contribution in [0.1, 0.15) is 46.5 Å². The molecule has 0 bridgehead atoms. The van der Waals surface area contributed by atoms with Gasteiger partial charge >= 0.3 is 0 Å². The maximum atomic E-state index is 4.57. The predicted octanol–water partition coefficient (Wildman–Crippen LogP) is 4.01. The lowest BCUT2D eigenvalue weighted by Gasteiger charge is -2.34. The first kappa shape index (κ1) is 15.4. The summed E-state index contributed by atoms with van der Waals surface area (Å²) in [7, 11) is 0. The second-order valence-electron chi connectivity index (χ2n) is 6.24. The van der Waals surface area contributed by atoms with Gasteiger partial charge in [0.2, 0.25) is 0 Å². The molecule has 0 spiro atoms. The Kier molecular flexibility index (Phi) is 5.13. The fraction of sp³-hybridized carbons (Fsp3) is 0.733. The van der Waals surface area contributed by atoms with Crippen molar-refractivity contribution in [2.24, 2.45) is 5.41 Å². The van der Waals surface area contributed by atoms with Crippen molar-refractivity contribution in [3.63, 3.8) is 0 Å². The predicted molar refractivity (Wildman–Crippen MR) is 87.6 cm³/mol. The summed E-state index contributed by atoms with van der Waals surface area (Å²) in [6.07, 6.45) is 7.03. The van der Waals surface area contributed by atoms with Crippen molar-refractivity contribution in [1.29, 1.82) is 0 Å². The lowest BCUT2D eigenvalue weighted by atomic mass is 9.75. The zero-order chi connectivity index (χ0) is 14.6. The van der Waals surface area contributed by atoms with Gasteiger partial charge in [-0.25, -0.2) is 9.97 Å². The zero-order valence-electron chi connectivity index (χ0n) is 13.0. The van der Waals surface area contributed by atoms with E-state index in [-0.39, 0.29) is 0 Å². The van der Waals surface area contributed by atoms with E-state index in [1.54, 1.807) is 11.8 Å². The van der Waals surface area contributed by atoms with Crippen LogP contribution in [0.15, 0.2) is 11.2 Å². The van der Waals surface area contributed by atoms with Crippen LogP contribution in [-0.2, 0) is 0 Å². The molecule has 0 aromatic carbocycles. The number of rotatable bonds is 5. The molecule has 0 saturated heterocycles. The molecule has 1 aromatic rings. The third-order valence-electron chi connectivity index (χ3n) is 3.94. The van der Waals surface area contributed by atoms with Crippen LogP contribution in [0.2, 0.25) is 0 Å². The molecule has 20 heavy (non-hydrogen) atoms. The van der Waals surface area contributed by atoms with Crippen LogP contribution >= 0.6 is 11.8 Å². The van der Waals surface area contributed by atoms with Crippen LogP contribution < -0.4 is 10.6 Å². The second-order valence-corrected chi connectivity index (χ2v) is 7.01. The number of hydrogen-bond acceptors (Lipinski definition) is 5. The van der Waals surface area contributed by atoms with Crippen LogP contribution in [0.25, 0.3) is 0 Å². The first-order valence-electron chi connectivity index (χ1n) is 7.46. The Hall–Kier alpha value is -0.970. The van der Waals surface area contributed by atoms with Crippen LogP contribution in [0, 0.1) is 5.41 Å². The largest absolute Gasteiger partial charge is 0.370 e. The highest BCUT2D eigenvalue weighted by molar-refractivity contribution is 7.98. The van der Waals surface area contributed by atoms with Crippen LogP contribution in [0.5, 0.6) is 0 Å². The number of nitrogens with zero attached hydrogens (tertiary/aromatic N) is 2. The molecule has 112 valence electrons. The Morgan fingerprint density at radius 2 is 1.90 bits per heavy atom. The second kappa shape index (κ2) is 6.66. The summed E-state index contributed by atoms with van der Waals surface area (Å²) in [5, 5.41) is 7.68. The minimum Gasteiger partial charge on any atom is -0.370 e. The molecule has 1 heterocycles. The van der Waals surface area contributed by atoms with Gasteiger partial charge in [-0.05, 0) is 44.3 Å². The van der Waals surface area contributed by atoms with Gasteiger partial charge in [-0.1, -0.05) is 25.6 Å². The fourth-order valence-corrected chi connectivity index (χ4v) is 2.99. The zero-order valence-corrected chi connectivity index (χ0v) is 13.8. The standard InChI is InChI=1S/C15H26N4S/c1-5-16-12-10-13(19-14(18-12)20-4)17-11-6-8-15(2,3)9-7-11/h10-11H,5-9H2,1-4H3,(H2,16,17,18,19). The third kappa shape index (κ3) is 4.27. The van der Waals surface area contributed by atoms with E-state index in [1.165, 1.54) is 25.7 Å². The van der Waals surface area contributed by atoms with Gasteiger partial charge in [0.15, 0.2) is 5.16 Å². The molecule has 2 N–H and O–H groups in total. The van der Waals surface area contributed by atoms with E-state index >= 15 is 0 Å². The Labute approximate surface area is 126 Å². The molecule has 1 saturated carbocycles. The highest BCUT2D eigenvalue weighted by atomic mass is 32.2. The van der Waals surface area contributed by atoms with Gasteiger partial charge in [-0.15, -0.1) is 0 Å². The van der Waals surface area contributed by atoms with E-state index < -0.39 is 0 Å². The average Bonchev–Trinajstić information content (AvgIpc) is 2.41. The third-order valence-corrected chi connectivity index (χ3v) is 4.48. The smallest absolute Gasteiger partial charge is 0.191 e. The molecular formula is C15H26N4S. The van der Waals surface area contributed by atoms with Gasteiger partial charge in [-0.3, -0.25) is 0 Å². The number of thioether (sulfide) groups is 1. The van der Waals surface area contributed by atoms with Crippen molar-refractivity contribution in [2.75, 3.05) is 23.4 Å². The molecule has 4 nitrogen and oxygen atoms in total. The van der Waals surface area contributed by atoms with E-state index in [2.05, 4.69) is 41.4 Å². The van der Waals surface area contributed by atoms with Crippen molar-refractivity contribution in [3.8, 4) is 0 Å². The maximum Gasteiger partial charge on any atom is 0.191 e. The molecule has 1 aromatic heterocycles. The lowest BCUT2D eigenvalue weighted by Crippen LogP contribution is -2.30. The summed E-state index contributed by atoms with van der Waals surface area (Å²) >= 11 is 1.58. The lowest BCUT2D eigenvalue weighted by molar-refractivity contribution is 0.232. The minimum absolute atomic E-state index is 0.503. The first-order chi connectivity index (χ1) is 9.52. The molecule has 0 atom stereocenters. The number of nitrogens with one attached hydrogen (secondary N) is 2. The Bertz CT molecular complexity index is 437. The molecule has 1 aliphatic carbocycles. The van der Waals surface area contributed by atoms with Crippen molar-refractivity contribution < 1.29 is 0 Å². The molecule has 0 amide bonds. The van der Waals surface area contributed by atoms with Gasteiger partial charge in [-0.2, -0.15) is 0 Å². The number of anilines is 2. The van der Waals surface area contributed by atoms with E-state index in [4.69, 9.17) is 0 Å². The fourth-order valence-electron chi connectivity index (χ4n) is 2.61. The first-order valence-corrected chi connectivity index (χ1v) is 8.68. The van der Waals surface area contributed by atoms with E-state index in [0.717, 1.165) is 23.3 Å². The van der Waals surface area contributed by atoms with Crippen molar-refractivity contribution in [2.45, 2.75) is 57.7 Å². The normalized spacial score (nSPS) is 18.8. The minimum atomic E-state index is 0.503. The molecule has 5 heteroatoms. The van der Waals surface area contributed by atoms with Gasteiger partial charge < -0.3 is 10.6 Å². The van der Waals surface area contributed by atoms with Gasteiger partial charge in [0.05, 0.1) is 0 Å². The number of aromatic nitrogens is 2. The van der Waals surface area contributed by atoms with Gasteiger partial charge in [0.1, 0.15) is 11.6 Å². The van der Waals surface area contributed by atoms with Crippen molar-refractivity contribution in [3.05, 3.63) is 6.07 Å². The monoisotopic (exact) mass is 294 g/mol. The SMILES string of the molecule is CCNc1cc(NC2CCC(C)(C)CC2)nc(SC)n1. The van der Waals surface area contributed by atoms with E-state index in [1.807, 2.05) is 12.3 Å². The molecule has 2 rings (SSSR count). The van der Waals surface area contributed by atoms with Crippen molar-refractivity contribution >= 4 is 23.4 Å². The Morgan fingerprint density at radius 3 is 2.50 bits per heavy atom. The summed E-state index contributed by atoms with van der Waals surface area (Å²) in [5.74, 6) is 1.86. The van der Waals surface area contributed by atoms with Crippen LogP contribution in [0.3, 0.4) is 0 Å². The molecular weight excluding hydrogens is 268 g/mol. The molecule has 1 aliphatic rings. The summed E-state index contributed by atoms with van der Waals surface area (Å²) in [5.41, 5.74) is 0.503. The summed E-state index contributed by atoms with van der Waals surface area (Å²) in [4.78, 5) is 9.02. The topological polar surface area (TPSA) is 49.8 Å². The summed E-state index contributed by atoms with van der Waals surface area (Å²) in [6.45, 7) is 7.69. The quantitative estimate of drug-likeness (QED) is 0.635. The highest BCUT2D eigenvalue weighted by Crippen LogP contribution is 2.36. The van der Waals surface area contributed by atoms with Crippen LogP contribution in [0.4, 0.5) is 11.6 Å². The average molecular weight is 294 g/mol. The summed E-state index contributed by atoms with van der Waals surface area (Å²) < 4.78 is 0. The van der Waals surface area contributed by atoms with Gasteiger partial charge in [0.25, 0.3) is 0 Å². The molecule has 0 radical (unpaired) electrons. The summed E-state index contributed by atoms with van der Waals surface area (Å²) in [6, 6.07) is 2.56. The van der Waals surface area contributed by atoms with E-state index in [0.29, 0.717) is 11.5 Å². The molecule has 0 aliphatic heterocycles. The maximum absolute atomic E-state index is 4.57. The highest BCUT2D eigenvalue weighted by Gasteiger charge is 2.26. The molecule has 1 fully saturated rings. The van der Waals surface area contributed by atoms with Crippen molar-refractivity contribution in [1.82, 2.24) is 9.97 Å². The molecule has 0 unspecified atom stereocenters. The van der Waals surface area contributed by atoms with E-state index in [9.17, 15) is 0 Å². The Morgan fingerprint density at radius 1 is 1.25 bits per heavy atom. The number of hydrogen-bond donors (Lipinski definition) is 2. The van der Waals surface area contributed by atoms with Crippen LogP contribution in [-0.4, -0.2) is 28.8 Å². The Balaban J connectivity index is 2.03.